The van der Waals surface area contributed by atoms with E-state index >= 15 is 0 Å². The van der Waals surface area contributed by atoms with Gasteiger partial charge in [-0.1, -0.05) is 18.2 Å². The lowest BCUT2D eigenvalue weighted by Crippen LogP contribution is -2.52. The molecule has 2 aliphatic heterocycles. The monoisotopic (exact) mass is 334 g/mol. The minimum atomic E-state index is -0.458. The number of fused-ring (bicyclic) bond motifs is 3. The molecule has 3 rings (SSSR count). The maximum Gasteiger partial charge on any atom is 0.256 e. The molecule has 124 valence electrons. The highest BCUT2D eigenvalue weighted by molar-refractivity contribution is 8.01. The van der Waals surface area contributed by atoms with Crippen LogP contribution in [0.2, 0.25) is 0 Å². The van der Waals surface area contributed by atoms with Crippen molar-refractivity contribution in [2.75, 3.05) is 20.3 Å². The summed E-state index contributed by atoms with van der Waals surface area (Å²) in [6.07, 6.45) is 0.764. The molecule has 0 aliphatic carbocycles. The van der Waals surface area contributed by atoms with Crippen molar-refractivity contribution in [2.45, 2.75) is 36.4 Å². The Labute approximate surface area is 140 Å². The molecule has 2 atom stereocenters. The number of thioether (sulfide) groups is 1. The number of carbonyl (C=O) groups excluding carboxylic acids is 2. The molecule has 1 aromatic rings. The lowest BCUT2D eigenvalue weighted by Gasteiger charge is -2.29. The van der Waals surface area contributed by atoms with Gasteiger partial charge >= 0.3 is 0 Å². The largest absolute Gasteiger partial charge is 0.385 e. The zero-order valence-corrected chi connectivity index (χ0v) is 14.5. The van der Waals surface area contributed by atoms with Crippen LogP contribution >= 0.6 is 11.8 Å². The molecule has 1 N–H and O–H groups in total. The normalized spacial score (nSPS) is 24.5. The zero-order valence-electron chi connectivity index (χ0n) is 13.7. The molecule has 23 heavy (non-hydrogen) atoms. The van der Waals surface area contributed by atoms with Crippen LogP contribution < -0.4 is 5.32 Å². The number of amides is 2. The highest BCUT2D eigenvalue weighted by Gasteiger charge is 2.57. The molecule has 0 aromatic heterocycles. The number of methoxy groups -OCH3 is 1. The fraction of sp³-hybridized carbons (Fsp3) is 0.529. The summed E-state index contributed by atoms with van der Waals surface area (Å²) in [5.74, 6) is -0.122. The molecule has 6 heteroatoms. The third kappa shape index (κ3) is 2.74. The van der Waals surface area contributed by atoms with E-state index < -0.39 is 6.04 Å². The molecule has 0 saturated carbocycles. The van der Waals surface area contributed by atoms with Gasteiger partial charge in [-0.3, -0.25) is 9.59 Å². The molecule has 2 amide bonds. The zero-order chi connectivity index (χ0) is 16.6. The van der Waals surface area contributed by atoms with Crippen molar-refractivity contribution in [1.82, 2.24) is 10.2 Å². The number of rotatable bonds is 5. The third-order valence-electron chi connectivity index (χ3n) is 4.37. The summed E-state index contributed by atoms with van der Waals surface area (Å²) >= 11 is 1.68. The number of hydrogen-bond donors (Lipinski definition) is 1. The van der Waals surface area contributed by atoms with Gasteiger partial charge in [-0.15, -0.1) is 11.8 Å². The SMILES string of the molecule is COCCCNC(=O)[C@@H]1N2C(=O)c3ccccc3[C@@H]2SC1(C)C. The molecule has 2 heterocycles. The highest BCUT2D eigenvalue weighted by Crippen LogP contribution is 2.56. The summed E-state index contributed by atoms with van der Waals surface area (Å²) in [6, 6.07) is 7.19. The Bertz CT molecular complexity index is 632. The van der Waals surface area contributed by atoms with Crippen LogP contribution in [-0.4, -0.2) is 47.8 Å². The van der Waals surface area contributed by atoms with E-state index in [1.807, 2.05) is 38.1 Å². The average molecular weight is 334 g/mol. The molecule has 0 bridgehead atoms. The molecule has 1 aromatic carbocycles. The molecule has 2 aliphatic rings. The van der Waals surface area contributed by atoms with Crippen molar-refractivity contribution in [2.24, 2.45) is 0 Å². The molecule has 1 saturated heterocycles. The molecule has 0 unspecified atom stereocenters. The van der Waals surface area contributed by atoms with Crippen molar-refractivity contribution in [1.29, 1.82) is 0 Å². The van der Waals surface area contributed by atoms with Crippen LogP contribution in [0.15, 0.2) is 24.3 Å². The molecular formula is C17H22N2O3S. The van der Waals surface area contributed by atoms with Crippen LogP contribution in [0.3, 0.4) is 0 Å². The van der Waals surface area contributed by atoms with E-state index in [0.717, 1.165) is 17.5 Å². The van der Waals surface area contributed by atoms with Crippen LogP contribution in [-0.2, 0) is 9.53 Å². The first-order chi connectivity index (χ1) is 11.0. The maximum absolute atomic E-state index is 12.8. The first-order valence-electron chi connectivity index (χ1n) is 7.83. The predicted molar refractivity (Wildman–Crippen MR) is 90.3 cm³/mol. The Hall–Kier alpha value is -1.53. The Balaban J connectivity index is 1.81. The maximum atomic E-state index is 12.8. The van der Waals surface area contributed by atoms with Gasteiger partial charge in [0.05, 0.1) is 0 Å². The van der Waals surface area contributed by atoms with E-state index in [1.54, 1.807) is 23.8 Å². The number of nitrogens with one attached hydrogen (secondary N) is 1. The van der Waals surface area contributed by atoms with Gasteiger partial charge in [0.25, 0.3) is 5.91 Å². The van der Waals surface area contributed by atoms with Gasteiger partial charge in [0.2, 0.25) is 5.91 Å². The van der Waals surface area contributed by atoms with Gasteiger partial charge in [0.15, 0.2) is 0 Å². The number of ether oxygens (including phenoxy) is 1. The second kappa shape index (κ2) is 6.17. The van der Waals surface area contributed by atoms with Crippen molar-refractivity contribution in [3.05, 3.63) is 35.4 Å². The van der Waals surface area contributed by atoms with Gasteiger partial charge in [-0.2, -0.15) is 0 Å². The minimum Gasteiger partial charge on any atom is -0.385 e. The Morgan fingerprint density at radius 2 is 2.13 bits per heavy atom. The van der Waals surface area contributed by atoms with E-state index in [4.69, 9.17) is 4.74 Å². The highest BCUT2D eigenvalue weighted by atomic mass is 32.2. The van der Waals surface area contributed by atoms with Gasteiger partial charge in [0.1, 0.15) is 11.4 Å². The van der Waals surface area contributed by atoms with E-state index in [1.165, 1.54) is 0 Å². The van der Waals surface area contributed by atoms with E-state index in [2.05, 4.69) is 5.32 Å². The van der Waals surface area contributed by atoms with Crippen molar-refractivity contribution in [3.8, 4) is 0 Å². The average Bonchev–Trinajstić information content (AvgIpc) is 2.95. The van der Waals surface area contributed by atoms with Crippen molar-refractivity contribution >= 4 is 23.6 Å². The number of carbonyl (C=O) groups is 2. The summed E-state index contributed by atoms with van der Waals surface area (Å²) in [4.78, 5) is 27.2. The summed E-state index contributed by atoms with van der Waals surface area (Å²) in [5.41, 5.74) is 1.74. The summed E-state index contributed by atoms with van der Waals surface area (Å²) in [6.45, 7) is 5.24. The standard InChI is InChI=1S/C17H22N2O3S/c1-17(2)13(14(20)18-9-6-10-22-3)19-15(21)11-7-4-5-8-12(11)16(19)23-17/h4-5,7-8,13,16H,6,9-10H2,1-3H3,(H,18,20)/t13-,16-/m0/s1. The Kier molecular flexibility index (Phi) is 4.38. The number of nitrogens with zero attached hydrogens (tertiary/aromatic N) is 1. The molecule has 1 fully saturated rings. The van der Waals surface area contributed by atoms with E-state index in [0.29, 0.717) is 13.2 Å². The summed E-state index contributed by atoms with van der Waals surface area (Å²) < 4.78 is 4.68. The lowest BCUT2D eigenvalue weighted by atomic mass is 10.0. The second-order valence-electron chi connectivity index (χ2n) is 6.41. The number of benzene rings is 1. The quantitative estimate of drug-likeness (QED) is 0.839. The van der Waals surface area contributed by atoms with Gasteiger partial charge in [-0.25, -0.2) is 0 Å². The lowest BCUT2D eigenvalue weighted by molar-refractivity contribution is -0.126. The minimum absolute atomic E-state index is 0.0410. The number of hydrogen-bond acceptors (Lipinski definition) is 4. The summed E-state index contributed by atoms with van der Waals surface area (Å²) in [7, 11) is 1.64. The fourth-order valence-corrected chi connectivity index (χ4v) is 4.92. The fourth-order valence-electron chi connectivity index (χ4n) is 3.33. The van der Waals surface area contributed by atoms with Gasteiger partial charge < -0.3 is 15.0 Å². The first kappa shape index (κ1) is 16.3. The van der Waals surface area contributed by atoms with Crippen LogP contribution in [0.5, 0.6) is 0 Å². The van der Waals surface area contributed by atoms with Gasteiger partial charge in [0, 0.05) is 30.6 Å². The smallest absolute Gasteiger partial charge is 0.256 e. The molecule has 5 nitrogen and oxygen atoms in total. The molecule has 0 spiro atoms. The second-order valence-corrected chi connectivity index (χ2v) is 8.15. The van der Waals surface area contributed by atoms with E-state index in [9.17, 15) is 9.59 Å². The Morgan fingerprint density at radius 3 is 2.87 bits per heavy atom. The third-order valence-corrected chi connectivity index (χ3v) is 5.90. The Morgan fingerprint density at radius 1 is 1.39 bits per heavy atom. The van der Waals surface area contributed by atoms with Crippen LogP contribution in [0.25, 0.3) is 0 Å². The van der Waals surface area contributed by atoms with E-state index in [-0.39, 0.29) is 21.9 Å². The van der Waals surface area contributed by atoms with Crippen molar-refractivity contribution in [3.63, 3.8) is 0 Å². The van der Waals surface area contributed by atoms with Crippen LogP contribution in [0.1, 0.15) is 41.6 Å². The molecular weight excluding hydrogens is 312 g/mol. The van der Waals surface area contributed by atoms with Gasteiger partial charge in [-0.05, 0) is 31.9 Å². The first-order valence-corrected chi connectivity index (χ1v) is 8.71. The summed E-state index contributed by atoms with van der Waals surface area (Å²) in [5, 5.41) is 2.88. The van der Waals surface area contributed by atoms with Crippen LogP contribution in [0, 0.1) is 0 Å². The molecule has 0 radical (unpaired) electrons. The predicted octanol–water partition coefficient (Wildman–Crippen LogP) is 2.19. The topological polar surface area (TPSA) is 58.6 Å². The van der Waals surface area contributed by atoms with Crippen molar-refractivity contribution < 1.29 is 14.3 Å². The van der Waals surface area contributed by atoms with Crippen LogP contribution in [0.4, 0.5) is 0 Å².